The van der Waals surface area contributed by atoms with Crippen LogP contribution < -0.4 is 0 Å². The fourth-order valence-electron chi connectivity index (χ4n) is 0.700. The van der Waals surface area contributed by atoms with Crippen molar-refractivity contribution in [3.63, 3.8) is 0 Å². The number of rotatable bonds is 1. The van der Waals surface area contributed by atoms with Gasteiger partial charge in [0.05, 0.1) is 0 Å². The molecule has 5 heteroatoms. The van der Waals surface area contributed by atoms with Crippen LogP contribution >= 0.6 is 11.6 Å². The molecule has 1 aromatic rings. The smallest absolute Gasteiger partial charge is 0.225 e. The lowest BCUT2D eigenvalue weighted by molar-refractivity contribution is 0.151. The summed E-state index contributed by atoms with van der Waals surface area (Å²) in [5.41, 5.74) is -0.385. The van der Waals surface area contributed by atoms with Crippen LogP contribution in [0.15, 0.2) is 12.1 Å². The maximum absolute atomic E-state index is 12.1. The third-order valence-electron chi connectivity index (χ3n) is 1.18. The van der Waals surface area contributed by atoms with Gasteiger partial charge in [0, 0.05) is 5.56 Å². The molecule has 62 valence electrons. The summed E-state index contributed by atoms with van der Waals surface area (Å²) in [6.07, 6.45) is -2.63. The number of hydrogen-bond acceptors (Lipinski definition) is 2. The minimum Gasteiger partial charge on any atom is -0.225 e. The van der Waals surface area contributed by atoms with Crippen LogP contribution in [-0.4, -0.2) is 4.98 Å². The molecule has 0 atom stereocenters. The normalized spacial score (nSPS) is 9.92. The Morgan fingerprint density at radius 2 is 2.17 bits per heavy atom. The van der Waals surface area contributed by atoms with Gasteiger partial charge in [-0.2, -0.15) is 5.26 Å². The van der Waals surface area contributed by atoms with Crippen molar-refractivity contribution in [2.45, 2.75) is 6.43 Å². The van der Waals surface area contributed by atoms with Gasteiger partial charge < -0.3 is 0 Å². The topological polar surface area (TPSA) is 36.7 Å². The van der Waals surface area contributed by atoms with Crippen LogP contribution in [0.3, 0.4) is 0 Å². The number of halogens is 3. The highest BCUT2D eigenvalue weighted by Crippen LogP contribution is 2.21. The van der Waals surface area contributed by atoms with Gasteiger partial charge in [-0.05, 0) is 12.1 Å². The second-order valence-electron chi connectivity index (χ2n) is 2.02. The van der Waals surface area contributed by atoms with E-state index in [1.807, 2.05) is 0 Å². The van der Waals surface area contributed by atoms with Gasteiger partial charge in [-0.15, -0.1) is 0 Å². The predicted octanol–water partition coefficient (Wildman–Crippen LogP) is 2.54. The van der Waals surface area contributed by atoms with Gasteiger partial charge in [0.25, 0.3) is 6.43 Å². The molecule has 0 aliphatic carbocycles. The Labute approximate surface area is 72.4 Å². The maximum Gasteiger partial charge on any atom is 0.264 e. The van der Waals surface area contributed by atoms with Crippen molar-refractivity contribution >= 4 is 11.6 Å². The van der Waals surface area contributed by atoms with E-state index in [-0.39, 0.29) is 16.4 Å². The first kappa shape index (κ1) is 8.88. The maximum atomic E-state index is 12.1. The molecular weight excluding hydrogens is 186 g/mol. The number of alkyl halides is 2. The van der Waals surface area contributed by atoms with Gasteiger partial charge in [0.1, 0.15) is 16.9 Å². The standard InChI is InChI=1S/C7H3ClF2N2/c8-6-2-4(7(9)10)1-5(3-11)12-6/h1-2,7H. The van der Waals surface area contributed by atoms with Crippen molar-refractivity contribution in [3.05, 3.63) is 28.5 Å². The molecule has 0 saturated heterocycles. The highest BCUT2D eigenvalue weighted by molar-refractivity contribution is 6.29. The molecule has 0 unspecified atom stereocenters. The molecule has 1 heterocycles. The summed E-state index contributed by atoms with van der Waals surface area (Å²) in [6, 6.07) is 3.68. The van der Waals surface area contributed by atoms with Gasteiger partial charge in [0.2, 0.25) is 0 Å². The monoisotopic (exact) mass is 188 g/mol. The van der Waals surface area contributed by atoms with Gasteiger partial charge >= 0.3 is 0 Å². The number of hydrogen-bond donors (Lipinski definition) is 0. The number of pyridine rings is 1. The Morgan fingerprint density at radius 3 is 2.67 bits per heavy atom. The molecule has 0 fully saturated rings. The van der Waals surface area contributed by atoms with Crippen LogP contribution in [0.5, 0.6) is 0 Å². The highest BCUT2D eigenvalue weighted by Gasteiger charge is 2.09. The summed E-state index contributed by atoms with van der Waals surface area (Å²) in [4.78, 5) is 3.51. The van der Waals surface area contributed by atoms with Gasteiger partial charge in [-0.25, -0.2) is 13.8 Å². The van der Waals surface area contributed by atoms with Crippen molar-refractivity contribution in [1.29, 1.82) is 5.26 Å². The van der Waals surface area contributed by atoms with E-state index in [1.54, 1.807) is 6.07 Å². The summed E-state index contributed by atoms with van der Waals surface area (Å²) in [6.45, 7) is 0. The second-order valence-corrected chi connectivity index (χ2v) is 2.41. The molecule has 0 aliphatic heterocycles. The van der Waals surface area contributed by atoms with E-state index >= 15 is 0 Å². The van der Waals surface area contributed by atoms with Crippen molar-refractivity contribution in [3.8, 4) is 6.07 Å². The Bertz CT molecular complexity index is 333. The lowest BCUT2D eigenvalue weighted by Crippen LogP contribution is -1.89. The molecule has 1 aromatic heterocycles. The molecule has 0 aromatic carbocycles. The number of nitriles is 1. The molecular formula is C7H3ClF2N2. The lowest BCUT2D eigenvalue weighted by atomic mass is 10.2. The van der Waals surface area contributed by atoms with E-state index in [1.165, 1.54) is 0 Å². The van der Waals surface area contributed by atoms with E-state index in [4.69, 9.17) is 16.9 Å². The van der Waals surface area contributed by atoms with Crippen LogP contribution in [0.4, 0.5) is 8.78 Å². The largest absolute Gasteiger partial charge is 0.264 e. The van der Waals surface area contributed by atoms with E-state index < -0.39 is 6.43 Å². The van der Waals surface area contributed by atoms with Crippen molar-refractivity contribution in [2.24, 2.45) is 0 Å². The Morgan fingerprint density at radius 1 is 1.50 bits per heavy atom. The van der Waals surface area contributed by atoms with Crippen molar-refractivity contribution in [2.75, 3.05) is 0 Å². The SMILES string of the molecule is N#Cc1cc(C(F)F)cc(Cl)n1. The summed E-state index contributed by atoms with van der Waals surface area (Å²) in [5, 5.41) is 8.26. The summed E-state index contributed by atoms with van der Waals surface area (Å²) < 4.78 is 24.1. The van der Waals surface area contributed by atoms with E-state index in [0.717, 1.165) is 12.1 Å². The molecule has 0 radical (unpaired) electrons. The van der Waals surface area contributed by atoms with Crippen LogP contribution in [-0.2, 0) is 0 Å². The van der Waals surface area contributed by atoms with Crippen LogP contribution in [0.1, 0.15) is 17.7 Å². The van der Waals surface area contributed by atoms with Crippen LogP contribution in [0.2, 0.25) is 5.15 Å². The number of aromatic nitrogens is 1. The van der Waals surface area contributed by atoms with E-state index in [9.17, 15) is 8.78 Å². The predicted molar refractivity (Wildman–Crippen MR) is 38.9 cm³/mol. The first-order valence-corrected chi connectivity index (χ1v) is 3.37. The molecule has 0 amide bonds. The zero-order valence-corrected chi connectivity index (χ0v) is 6.52. The fraction of sp³-hybridized carbons (Fsp3) is 0.143. The Kier molecular flexibility index (Phi) is 2.56. The summed E-state index contributed by atoms with van der Waals surface area (Å²) in [7, 11) is 0. The minimum absolute atomic E-state index is 0.0932. The van der Waals surface area contributed by atoms with E-state index in [2.05, 4.69) is 4.98 Å². The number of nitrogens with zero attached hydrogens (tertiary/aromatic N) is 2. The van der Waals surface area contributed by atoms with Gasteiger partial charge in [-0.3, -0.25) is 0 Å². The summed E-state index contributed by atoms with van der Waals surface area (Å²) in [5.74, 6) is 0. The highest BCUT2D eigenvalue weighted by atomic mass is 35.5. The quantitative estimate of drug-likeness (QED) is 0.635. The molecule has 0 aliphatic rings. The second kappa shape index (κ2) is 3.46. The Balaban J connectivity index is 3.17. The summed E-state index contributed by atoms with van der Waals surface area (Å²) >= 11 is 5.38. The molecule has 0 spiro atoms. The van der Waals surface area contributed by atoms with Gasteiger partial charge in [0.15, 0.2) is 0 Å². The fourth-order valence-corrected chi connectivity index (χ4v) is 0.917. The van der Waals surface area contributed by atoms with Crippen LogP contribution in [0, 0.1) is 11.3 Å². The molecule has 1 rings (SSSR count). The lowest BCUT2D eigenvalue weighted by Gasteiger charge is -1.99. The van der Waals surface area contributed by atoms with Crippen molar-refractivity contribution in [1.82, 2.24) is 4.98 Å². The van der Waals surface area contributed by atoms with E-state index in [0.29, 0.717) is 0 Å². The first-order valence-electron chi connectivity index (χ1n) is 2.99. The molecule has 0 N–H and O–H groups in total. The molecule has 12 heavy (non-hydrogen) atoms. The third kappa shape index (κ3) is 1.89. The average Bonchev–Trinajstić information content (AvgIpc) is 2.03. The van der Waals surface area contributed by atoms with Crippen molar-refractivity contribution < 1.29 is 8.78 Å². The zero-order valence-electron chi connectivity index (χ0n) is 5.76. The van der Waals surface area contributed by atoms with Gasteiger partial charge in [-0.1, -0.05) is 11.6 Å². The third-order valence-corrected chi connectivity index (χ3v) is 1.38. The molecule has 2 nitrogen and oxygen atoms in total. The average molecular weight is 189 g/mol. The van der Waals surface area contributed by atoms with Crippen LogP contribution in [0.25, 0.3) is 0 Å². The molecule has 0 saturated carbocycles. The minimum atomic E-state index is -2.63. The zero-order chi connectivity index (χ0) is 9.14. The molecule has 0 bridgehead atoms. The Hall–Kier alpha value is -1.21. The first-order chi connectivity index (χ1) is 5.63.